The van der Waals surface area contributed by atoms with E-state index in [2.05, 4.69) is 31.4 Å². The van der Waals surface area contributed by atoms with E-state index in [0.29, 0.717) is 0 Å². The van der Waals surface area contributed by atoms with Crippen LogP contribution < -0.4 is 32.3 Å². The van der Waals surface area contributed by atoms with Gasteiger partial charge in [-0.2, -0.15) is 0 Å². The zero-order chi connectivity index (χ0) is 12.3. The Morgan fingerprint density at radius 2 is 1.62 bits per heavy atom. The van der Waals surface area contributed by atoms with Gasteiger partial charge in [-0.05, 0) is 0 Å². The number of anilines is 2. The molecule has 0 aliphatic carbocycles. The van der Waals surface area contributed by atoms with Crippen LogP contribution in [0, 0.1) is 17.4 Å². The first-order chi connectivity index (χ1) is 7.62. The van der Waals surface area contributed by atoms with E-state index in [0.717, 1.165) is 21.4 Å². The normalized spacial score (nSPS) is 10.6. The van der Waals surface area contributed by atoms with Crippen molar-refractivity contribution in [2.75, 3.05) is 24.7 Å². The number of benzene rings is 1. The van der Waals surface area contributed by atoms with Crippen LogP contribution in [0.1, 0.15) is 23.6 Å². The maximum atomic E-state index is 9.63. The summed E-state index contributed by atoms with van der Waals surface area (Å²) in [6.45, 7) is 6.42. The van der Waals surface area contributed by atoms with Crippen molar-refractivity contribution < 1.29 is 25.1 Å². The van der Waals surface area contributed by atoms with E-state index >= 15 is 0 Å². The summed E-state index contributed by atoms with van der Waals surface area (Å²) in [5.74, 6) is 0. The van der Waals surface area contributed by atoms with Gasteiger partial charge < -0.3 is 0 Å². The molecule has 0 radical (unpaired) electrons. The van der Waals surface area contributed by atoms with Crippen molar-refractivity contribution in [2.24, 2.45) is 0 Å². The maximum absolute atomic E-state index is 9.63. The van der Waals surface area contributed by atoms with Gasteiger partial charge in [0, 0.05) is 0 Å². The standard InChI is InChI=1S/C12H20IN2O/c1-6-9-7(2)8(3)11(14-4)10(13-16)12(9)15-5/h14-16H,6H2,1-5H3/q-1. The van der Waals surface area contributed by atoms with Crippen molar-refractivity contribution in [3.05, 3.63) is 20.3 Å². The van der Waals surface area contributed by atoms with Gasteiger partial charge in [-0.25, -0.2) is 0 Å². The molecule has 0 unspecified atom stereocenters. The number of rotatable bonds is 4. The van der Waals surface area contributed by atoms with E-state index < -0.39 is 21.6 Å². The summed E-state index contributed by atoms with van der Waals surface area (Å²) in [7, 11) is 3.83. The Bertz CT molecular complexity index is 354. The minimum atomic E-state index is -0.924. The monoisotopic (exact) mass is 335 g/mol. The van der Waals surface area contributed by atoms with E-state index in [1.165, 1.54) is 16.7 Å². The van der Waals surface area contributed by atoms with Gasteiger partial charge in [0.1, 0.15) is 0 Å². The predicted octanol–water partition coefficient (Wildman–Crippen LogP) is -0.885. The molecule has 4 heteroatoms. The van der Waals surface area contributed by atoms with Gasteiger partial charge in [-0.3, -0.25) is 0 Å². The molecule has 92 valence electrons. The van der Waals surface area contributed by atoms with E-state index in [1.807, 2.05) is 14.1 Å². The number of hydrogen-bond donors (Lipinski definition) is 3. The summed E-state index contributed by atoms with van der Waals surface area (Å²) >= 11 is -0.924. The zero-order valence-electron chi connectivity index (χ0n) is 10.5. The van der Waals surface area contributed by atoms with Crippen molar-refractivity contribution in [1.82, 2.24) is 0 Å². The second kappa shape index (κ2) is 5.72. The number of halogens is 1. The zero-order valence-corrected chi connectivity index (χ0v) is 12.7. The molecule has 1 aromatic rings. The first-order valence-electron chi connectivity index (χ1n) is 5.42. The molecule has 0 fully saturated rings. The van der Waals surface area contributed by atoms with Crippen LogP contribution in [0.2, 0.25) is 0 Å². The summed E-state index contributed by atoms with van der Waals surface area (Å²) in [6.07, 6.45) is 0.990. The molecular formula is C12H20IN2O-. The Morgan fingerprint density at radius 1 is 1.06 bits per heavy atom. The fourth-order valence-corrected chi connectivity index (χ4v) is 3.86. The average Bonchev–Trinajstić information content (AvgIpc) is 2.31. The summed E-state index contributed by atoms with van der Waals surface area (Å²) in [6, 6.07) is 0. The quantitative estimate of drug-likeness (QED) is 0.626. The van der Waals surface area contributed by atoms with Gasteiger partial charge in [0.2, 0.25) is 0 Å². The van der Waals surface area contributed by atoms with Gasteiger partial charge >= 0.3 is 109 Å². The van der Waals surface area contributed by atoms with Crippen LogP contribution in [0.3, 0.4) is 0 Å². The number of hydrogen-bond acceptors (Lipinski definition) is 3. The molecule has 0 saturated heterocycles. The molecule has 0 amide bonds. The SMILES string of the molecule is CCc1c(C)c(C)c(NC)c([I-]O)c1NC. The molecule has 0 aromatic heterocycles. The molecule has 0 saturated carbocycles. The van der Waals surface area contributed by atoms with E-state index in [9.17, 15) is 3.44 Å². The van der Waals surface area contributed by atoms with Crippen LogP contribution in [0.15, 0.2) is 0 Å². The van der Waals surface area contributed by atoms with Crippen LogP contribution >= 0.6 is 0 Å². The van der Waals surface area contributed by atoms with Gasteiger partial charge in [0.25, 0.3) is 0 Å². The van der Waals surface area contributed by atoms with E-state index in [-0.39, 0.29) is 0 Å². The Morgan fingerprint density at radius 3 is 2.00 bits per heavy atom. The molecule has 0 bridgehead atoms. The molecule has 3 nitrogen and oxygen atoms in total. The average molecular weight is 335 g/mol. The van der Waals surface area contributed by atoms with Crippen LogP contribution in [-0.4, -0.2) is 17.5 Å². The summed E-state index contributed by atoms with van der Waals surface area (Å²) < 4.78 is 10.7. The topological polar surface area (TPSA) is 44.3 Å². The van der Waals surface area contributed by atoms with Gasteiger partial charge in [0.05, 0.1) is 0 Å². The fraction of sp³-hybridized carbons (Fsp3) is 0.500. The fourth-order valence-electron chi connectivity index (χ4n) is 2.11. The third-order valence-corrected chi connectivity index (χ3v) is 4.63. The second-order valence-electron chi connectivity index (χ2n) is 3.73. The molecule has 16 heavy (non-hydrogen) atoms. The first kappa shape index (κ1) is 13.6. The summed E-state index contributed by atoms with van der Waals surface area (Å²) in [5, 5.41) is 6.45. The van der Waals surface area contributed by atoms with E-state index in [1.54, 1.807) is 0 Å². The van der Waals surface area contributed by atoms with Crippen molar-refractivity contribution in [3.8, 4) is 0 Å². The molecule has 3 N–H and O–H groups in total. The Balaban J connectivity index is 3.61. The van der Waals surface area contributed by atoms with Crippen LogP contribution in [0.4, 0.5) is 11.4 Å². The van der Waals surface area contributed by atoms with Crippen molar-refractivity contribution in [2.45, 2.75) is 27.2 Å². The predicted molar refractivity (Wildman–Crippen MR) is 65.3 cm³/mol. The number of nitrogens with one attached hydrogen (secondary N) is 2. The van der Waals surface area contributed by atoms with Crippen molar-refractivity contribution in [1.29, 1.82) is 0 Å². The third-order valence-electron chi connectivity index (χ3n) is 3.07. The van der Waals surface area contributed by atoms with Crippen LogP contribution in [-0.2, 0) is 6.42 Å². The second-order valence-corrected chi connectivity index (χ2v) is 5.29. The van der Waals surface area contributed by atoms with Gasteiger partial charge in [-0.15, -0.1) is 0 Å². The van der Waals surface area contributed by atoms with Crippen molar-refractivity contribution in [3.63, 3.8) is 0 Å². The molecule has 0 aliphatic rings. The molecule has 1 aromatic carbocycles. The molecule has 0 atom stereocenters. The summed E-state index contributed by atoms with van der Waals surface area (Å²) in [4.78, 5) is 0. The van der Waals surface area contributed by atoms with Gasteiger partial charge in [0.15, 0.2) is 0 Å². The summed E-state index contributed by atoms with van der Waals surface area (Å²) in [5.41, 5.74) is 6.10. The Hall–Kier alpha value is -0.490. The van der Waals surface area contributed by atoms with Crippen LogP contribution in [0.25, 0.3) is 0 Å². The molecular weight excluding hydrogens is 315 g/mol. The molecule has 0 aliphatic heterocycles. The van der Waals surface area contributed by atoms with Crippen LogP contribution in [0.5, 0.6) is 0 Å². The van der Waals surface area contributed by atoms with E-state index in [4.69, 9.17) is 0 Å². The Kier molecular flexibility index (Phi) is 4.86. The molecule has 1 rings (SSSR count). The minimum absolute atomic E-state index is 0.924. The first-order valence-corrected chi connectivity index (χ1v) is 7.46. The van der Waals surface area contributed by atoms with Gasteiger partial charge in [-0.1, -0.05) is 0 Å². The molecule has 0 spiro atoms. The third kappa shape index (κ3) is 2.13. The Labute approximate surface area is 108 Å². The molecule has 0 heterocycles. The van der Waals surface area contributed by atoms with Crippen molar-refractivity contribution >= 4 is 11.4 Å².